The summed E-state index contributed by atoms with van der Waals surface area (Å²) in [6, 6.07) is 0. The van der Waals surface area contributed by atoms with Gasteiger partial charge in [0.25, 0.3) is 0 Å². The molecule has 80 valence electrons. The van der Waals surface area contributed by atoms with E-state index in [1.165, 1.54) is 0 Å². The van der Waals surface area contributed by atoms with Crippen LogP contribution in [-0.4, -0.2) is 37.9 Å². The van der Waals surface area contributed by atoms with Crippen LogP contribution in [0.5, 0.6) is 0 Å². The maximum atomic E-state index is 7.65. The zero-order valence-electron chi connectivity index (χ0n) is 9.50. The summed E-state index contributed by atoms with van der Waals surface area (Å²) >= 11 is 0. The third-order valence-electron chi connectivity index (χ3n) is 1.82. The predicted octanol–water partition coefficient (Wildman–Crippen LogP) is 2.06. The lowest BCUT2D eigenvalue weighted by Gasteiger charge is -2.14. The van der Waals surface area contributed by atoms with Gasteiger partial charge < -0.3 is 15.0 Å². The summed E-state index contributed by atoms with van der Waals surface area (Å²) in [5.41, 5.74) is 1.51. The number of hydrogen-bond donors (Lipinski definition) is 1. The van der Waals surface area contributed by atoms with E-state index in [9.17, 15) is 0 Å². The monoisotopic (exact) mass is 196 g/mol. The third-order valence-corrected chi connectivity index (χ3v) is 1.82. The first kappa shape index (κ1) is 12.9. The summed E-state index contributed by atoms with van der Waals surface area (Å²) in [6.45, 7) is 5.40. The Hall–Kier alpha value is -1.09. The molecule has 0 aromatic heterocycles. The van der Waals surface area contributed by atoms with Gasteiger partial charge in [-0.05, 0) is 25.5 Å². The molecule has 0 aliphatic rings. The molecule has 0 heterocycles. The molecule has 0 bridgehead atoms. The van der Waals surface area contributed by atoms with Crippen molar-refractivity contribution in [2.75, 3.05) is 27.3 Å². The third kappa shape index (κ3) is 5.54. The fourth-order valence-electron chi connectivity index (χ4n) is 0.998. The van der Waals surface area contributed by atoms with Crippen LogP contribution in [0.4, 0.5) is 0 Å². The van der Waals surface area contributed by atoms with Crippen molar-refractivity contribution >= 4 is 5.71 Å². The average Bonchev–Trinajstić information content (AvgIpc) is 2.15. The molecule has 14 heavy (non-hydrogen) atoms. The van der Waals surface area contributed by atoms with Gasteiger partial charge in [0.1, 0.15) is 0 Å². The smallest absolute Gasteiger partial charge is 0.0637 e. The van der Waals surface area contributed by atoms with Crippen molar-refractivity contribution in [3.8, 4) is 0 Å². The Morgan fingerprint density at radius 3 is 2.64 bits per heavy atom. The second-order valence-electron chi connectivity index (χ2n) is 3.20. The zero-order chi connectivity index (χ0) is 11.0. The first-order valence-electron chi connectivity index (χ1n) is 4.71. The summed E-state index contributed by atoms with van der Waals surface area (Å²) in [5.74, 6) is 0. The van der Waals surface area contributed by atoms with Crippen LogP contribution in [0.2, 0.25) is 0 Å². The largest absolute Gasteiger partial charge is 0.383 e. The maximum Gasteiger partial charge on any atom is 0.0637 e. The number of hydrogen-bond acceptors (Lipinski definition) is 3. The molecule has 0 amide bonds. The highest BCUT2D eigenvalue weighted by Crippen LogP contribution is 1.99. The van der Waals surface area contributed by atoms with Crippen molar-refractivity contribution in [2.45, 2.75) is 13.8 Å². The second-order valence-corrected chi connectivity index (χ2v) is 3.20. The Kier molecular flexibility index (Phi) is 6.76. The Balaban J connectivity index is 4.14. The molecular formula is C11H20N2O. The summed E-state index contributed by atoms with van der Waals surface area (Å²) in [6.07, 6.45) is 5.62. The molecule has 0 aromatic rings. The molecule has 0 atom stereocenters. The number of methoxy groups -OCH3 is 1. The van der Waals surface area contributed by atoms with Crippen LogP contribution < -0.4 is 0 Å². The summed E-state index contributed by atoms with van der Waals surface area (Å²) in [7, 11) is 3.66. The van der Waals surface area contributed by atoms with Crippen molar-refractivity contribution in [1.29, 1.82) is 5.41 Å². The molecule has 0 aliphatic carbocycles. The van der Waals surface area contributed by atoms with E-state index in [2.05, 4.69) is 0 Å². The Morgan fingerprint density at radius 1 is 1.50 bits per heavy atom. The van der Waals surface area contributed by atoms with E-state index in [1.54, 1.807) is 13.2 Å². The molecule has 0 aromatic carbocycles. The van der Waals surface area contributed by atoms with Crippen LogP contribution in [-0.2, 0) is 4.74 Å². The van der Waals surface area contributed by atoms with Crippen LogP contribution in [0.1, 0.15) is 13.8 Å². The normalized spacial score (nSPS) is 12.1. The molecule has 0 fully saturated rings. The van der Waals surface area contributed by atoms with E-state index >= 15 is 0 Å². The van der Waals surface area contributed by atoms with Crippen molar-refractivity contribution < 1.29 is 4.74 Å². The second kappa shape index (κ2) is 7.33. The number of nitrogens with one attached hydrogen (secondary N) is 1. The summed E-state index contributed by atoms with van der Waals surface area (Å²) in [4.78, 5) is 2.02. The molecule has 0 aliphatic heterocycles. The fourth-order valence-corrected chi connectivity index (χ4v) is 0.998. The van der Waals surface area contributed by atoms with Gasteiger partial charge in [0.15, 0.2) is 0 Å². The van der Waals surface area contributed by atoms with E-state index < -0.39 is 0 Å². The Morgan fingerprint density at radius 2 is 2.14 bits per heavy atom. The molecule has 0 saturated carbocycles. The van der Waals surface area contributed by atoms with Crippen LogP contribution in [0.15, 0.2) is 23.9 Å². The van der Waals surface area contributed by atoms with Crippen molar-refractivity contribution in [1.82, 2.24) is 4.90 Å². The van der Waals surface area contributed by atoms with Crippen LogP contribution in [0.25, 0.3) is 0 Å². The van der Waals surface area contributed by atoms with Gasteiger partial charge in [0, 0.05) is 26.9 Å². The molecule has 0 radical (unpaired) electrons. The van der Waals surface area contributed by atoms with Crippen molar-refractivity contribution in [2.24, 2.45) is 0 Å². The van der Waals surface area contributed by atoms with Gasteiger partial charge in [-0.25, -0.2) is 0 Å². The Bertz CT molecular complexity index is 231. The van der Waals surface area contributed by atoms with Gasteiger partial charge in [-0.15, -0.1) is 0 Å². The lowest BCUT2D eigenvalue weighted by Crippen LogP contribution is -2.17. The van der Waals surface area contributed by atoms with E-state index in [-0.39, 0.29) is 0 Å². The molecule has 0 saturated heterocycles. The summed E-state index contributed by atoms with van der Waals surface area (Å²) < 4.78 is 4.96. The first-order chi connectivity index (χ1) is 6.61. The standard InChI is InChI=1S/C11H20N2O/c1-5-6-11(12)10(2)9-13(3)7-8-14-4/h5-6,9,12H,7-8H2,1-4H3/b6-5-,10-9+,12-11?. The first-order valence-corrected chi connectivity index (χ1v) is 4.71. The van der Waals surface area contributed by atoms with Crippen LogP contribution >= 0.6 is 0 Å². The van der Waals surface area contributed by atoms with Gasteiger partial charge in [-0.3, -0.25) is 0 Å². The average molecular weight is 196 g/mol. The lowest BCUT2D eigenvalue weighted by molar-refractivity contribution is 0.177. The quantitative estimate of drug-likeness (QED) is 0.660. The number of rotatable bonds is 6. The molecule has 0 spiro atoms. The predicted molar refractivity (Wildman–Crippen MR) is 60.8 cm³/mol. The van der Waals surface area contributed by atoms with Crippen molar-refractivity contribution in [3.63, 3.8) is 0 Å². The molecule has 3 nitrogen and oxygen atoms in total. The molecule has 0 unspecified atom stereocenters. The van der Waals surface area contributed by atoms with E-state index in [4.69, 9.17) is 10.1 Å². The number of nitrogens with zero attached hydrogens (tertiary/aromatic N) is 1. The molecule has 3 heteroatoms. The minimum absolute atomic E-state index is 0.553. The topological polar surface area (TPSA) is 36.3 Å². The van der Waals surface area contributed by atoms with E-state index in [0.29, 0.717) is 12.3 Å². The highest BCUT2D eigenvalue weighted by molar-refractivity contribution is 6.05. The van der Waals surface area contributed by atoms with Gasteiger partial charge in [-0.2, -0.15) is 0 Å². The number of ether oxygens (including phenoxy) is 1. The molecular weight excluding hydrogens is 176 g/mol. The number of allylic oxidation sites excluding steroid dienone is 3. The van der Waals surface area contributed by atoms with Gasteiger partial charge >= 0.3 is 0 Å². The minimum Gasteiger partial charge on any atom is -0.383 e. The zero-order valence-corrected chi connectivity index (χ0v) is 9.50. The Labute approximate surface area is 86.6 Å². The highest BCUT2D eigenvalue weighted by atomic mass is 16.5. The lowest BCUT2D eigenvalue weighted by atomic mass is 10.2. The summed E-state index contributed by atoms with van der Waals surface area (Å²) in [5, 5.41) is 7.65. The van der Waals surface area contributed by atoms with Crippen LogP contribution in [0, 0.1) is 5.41 Å². The fraction of sp³-hybridized carbons (Fsp3) is 0.545. The molecule has 0 rings (SSSR count). The highest BCUT2D eigenvalue weighted by Gasteiger charge is 1.97. The van der Waals surface area contributed by atoms with Crippen molar-refractivity contribution in [3.05, 3.63) is 23.9 Å². The van der Waals surface area contributed by atoms with E-state index in [1.807, 2.05) is 38.1 Å². The van der Waals surface area contributed by atoms with Gasteiger partial charge in [-0.1, -0.05) is 6.08 Å². The van der Waals surface area contributed by atoms with E-state index in [0.717, 1.165) is 12.1 Å². The maximum absolute atomic E-state index is 7.65. The van der Waals surface area contributed by atoms with Gasteiger partial charge in [0.05, 0.1) is 12.3 Å². The minimum atomic E-state index is 0.553. The van der Waals surface area contributed by atoms with Crippen LogP contribution in [0.3, 0.4) is 0 Å². The SMILES string of the molecule is C/C=C\C(=N)/C(C)=C/N(C)CCOC. The molecule has 1 N–H and O–H groups in total. The van der Waals surface area contributed by atoms with Gasteiger partial charge in [0.2, 0.25) is 0 Å². The number of likely N-dealkylation sites (N-methyl/N-ethyl adjacent to an activating group) is 1.